The second kappa shape index (κ2) is 8.72. The fourth-order valence-electron chi connectivity index (χ4n) is 3.90. The van der Waals surface area contributed by atoms with Gasteiger partial charge in [-0.3, -0.25) is 9.69 Å². The first kappa shape index (κ1) is 20.3. The van der Waals surface area contributed by atoms with Gasteiger partial charge in [0.15, 0.2) is 0 Å². The molecule has 1 amide bonds. The first-order valence-electron chi connectivity index (χ1n) is 9.54. The minimum absolute atomic E-state index is 0.0354. The smallest absolute Gasteiger partial charge is 0.270 e. The maximum absolute atomic E-state index is 12.7. The summed E-state index contributed by atoms with van der Waals surface area (Å²) in [6.45, 7) is 5.70. The van der Waals surface area contributed by atoms with Gasteiger partial charge in [0.25, 0.3) is 5.91 Å². The van der Waals surface area contributed by atoms with Crippen molar-refractivity contribution in [1.82, 2.24) is 18.7 Å². The van der Waals surface area contributed by atoms with E-state index in [1.165, 1.54) is 6.26 Å². The Labute approximate surface area is 161 Å². The van der Waals surface area contributed by atoms with Gasteiger partial charge in [0.1, 0.15) is 5.69 Å². The van der Waals surface area contributed by atoms with E-state index < -0.39 is 10.0 Å². The normalized spacial score (nSPS) is 21.9. The summed E-state index contributed by atoms with van der Waals surface area (Å²) in [5.74, 6) is -0.0354. The van der Waals surface area contributed by atoms with Gasteiger partial charge in [0.2, 0.25) is 10.0 Å². The van der Waals surface area contributed by atoms with Crippen LogP contribution in [0.2, 0.25) is 0 Å². The Morgan fingerprint density at radius 1 is 1.30 bits per heavy atom. The number of aromatic nitrogens is 1. The van der Waals surface area contributed by atoms with Gasteiger partial charge in [-0.05, 0) is 31.5 Å². The van der Waals surface area contributed by atoms with Gasteiger partial charge in [-0.25, -0.2) is 8.42 Å². The number of hydrogen-bond acceptors (Lipinski definition) is 5. The number of amides is 1. The molecule has 0 bridgehead atoms. The van der Waals surface area contributed by atoms with Crippen molar-refractivity contribution in [2.75, 3.05) is 58.7 Å². The van der Waals surface area contributed by atoms with E-state index >= 15 is 0 Å². The van der Waals surface area contributed by atoms with Gasteiger partial charge in [-0.1, -0.05) is 0 Å². The molecular weight excluding hydrogens is 368 g/mol. The average molecular weight is 399 g/mol. The molecule has 0 saturated carbocycles. The molecule has 0 aromatic carbocycles. The molecule has 1 unspecified atom stereocenters. The maximum atomic E-state index is 12.7. The van der Waals surface area contributed by atoms with Crippen LogP contribution in [0.15, 0.2) is 18.3 Å². The van der Waals surface area contributed by atoms with Crippen LogP contribution in [0.25, 0.3) is 0 Å². The zero-order chi connectivity index (χ0) is 19.4. The first-order valence-corrected chi connectivity index (χ1v) is 11.4. The van der Waals surface area contributed by atoms with Crippen molar-refractivity contribution in [2.24, 2.45) is 7.05 Å². The zero-order valence-electron chi connectivity index (χ0n) is 16.2. The molecule has 1 atom stereocenters. The largest absolute Gasteiger partial charge is 0.379 e. The summed E-state index contributed by atoms with van der Waals surface area (Å²) in [5.41, 5.74) is 0.633. The van der Waals surface area contributed by atoms with E-state index in [0.717, 1.165) is 39.3 Å². The molecule has 2 fully saturated rings. The molecule has 0 N–H and O–H groups in total. The Hall–Kier alpha value is -1.42. The minimum atomic E-state index is -3.32. The highest BCUT2D eigenvalue weighted by Crippen LogP contribution is 2.21. The number of sulfonamides is 1. The lowest BCUT2D eigenvalue weighted by Gasteiger charge is -2.30. The van der Waals surface area contributed by atoms with Crippen molar-refractivity contribution in [3.8, 4) is 0 Å². The number of likely N-dealkylation sites (tertiary alicyclic amines) is 1. The van der Waals surface area contributed by atoms with Crippen LogP contribution >= 0.6 is 0 Å². The molecule has 8 nitrogen and oxygen atoms in total. The highest BCUT2D eigenvalue weighted by Gasteiger charge is 2.35. The number of carbonyl (C=O) groups is 1. The molecule has 152 valence electrons. The fraction of sp³-hybridized carbons (Fsp3) is 0.722. The molecule has 2 aliphatic heterocycles. The van der Waals surface area contributed by atoms with Crippen LogP contribution < -0.4 is 0 Å². The van der Waals surface area contributed by atoms with Crippen LogP contribution in [0.3, 0.4) is 0 Å². The second-order valence-electron chi connectivity index (χ2n) is 7.38. The van der Waals surface area contributed by atoms with Crippen molar-refractivity contribution in [1.29, 1.82) is 0 Å². The molecule has 1 aromatic heterocycles. The van der Waals surface area contributed by atoms with Crippen LogP contribution in [0.4, 0.5) is 0 Å². The van der Waals surface area contributed by atoms with E-state index in [1.807, 2.05) is 19.3 Å². The van der Waals surface area contributed by atoms with Crippen molar-refractivity contribution < 1.29 is 17.9 Å². The molecule has 3 heterocycles. The highest BCUT2D eigenvalue weighted by atomic mass is 32.2. The van der Waals surface area contributed by atoms with Gasteiger partial charge in [-0.2, -0.15) is 4.31 Å². The van der Waals surface area contributed by atoms with Crippen LogP contribution in [-0.4, -0.2) is 97.8 Å². The number of morpholine rings is 1. The molecular formula is C18H30N4O4S. The molecule has 1 aromatic rings. The number of hydrogen-bond donors (Lipinski definition) is 0. The molecule has 3 rings (SSSR count). The summed E-state index contributed by atoms with van der Waals surface area (Å²) >= 11 is 0. The molecule has 0 aliphatic carbocycles. The number of aryl methyl sites for hydroxylation is 1. The summed E-state index contributed by atoms with van der Waals surface area (Å²) in [7, 11) is -1.47. The molecule has 9 heteroatoms. The lowest BCUT2D eigenvalue weighted by Crippen LogP contribution is -2.44. The van der Waals surface area contributed by atoms with E-state index in [9.17, 15) is 13.2 Å². The van der Waals surface area contributed by atoms with Gasteiger partial charge in [-0.15, -0.1) is 0 Å². The van der Waals surface area contributed by atoms with Crippen LogP contribution in [0, 0.1) is 0 Å². The summed E-state index contributed by atoms with van der Waals surface area (Å²) in [6.07, 6.45) is 4.58. The topological polar surface area (TPSA) is 75.1 Å². The summed E-state index contributed by atoms with van der Waals surface area (Å²) in [6, 6.07) is 3.50. The predicted octanol–water partition coefficient (Wildman–Crippen LogP) is 0.224. The van der Waals surface area contributed by atoms with Gasteiger partial charge in [0.05, 0.1) is 19.5 Å². The summed E-state index contributed by atoms with van der Waals surface area (Å²) in [4.78, 5) is 16.8. The van der Waals surface area contributed by atoms with Crippen LogP contribution in [0.5, 0.6) is 0 Å². The molecule has 2 aliphatic rings. The van der Waals surface area contributed by atoms with Crippen molar-refractivity contribution in [3.63, 3.8) is 0 Å². The molecule has 2 saturated heterocycles. The van der Waals surface area contributed by atoms with Crippen molar-refractivity contribution in [2.45, 2.75) is 18.9 Å². The van der Waals surface area contributed by atoms with E-state index in [4.69, 9.17) is 4.74 Å². The van der Waals surface area contributed by atoms with E-state index in [2.05, 4.69) is 4.90 Å². The van der Waals surface area contributed by atoms with Gasteiger partial charge >= 0.3 is 0 Å². The third kappa shape index (κ3) is 5.10. The Bertz CT molecular complexity index is 742. The number of ether oxygens (including phenoxy) is 1. The Morgan fingerprint density at radius 3 is 2.67 bits per heavy atom. The van der Waals surface area contributed by atoms with E-state index in [-0.39, 0.29) is 11.9 Å². The van der Waals surface area contributed by atoms with Crippen LogP contribution in [-0.2, 0) is 21.8 Å². The lowest BCUT2D eigenvalue weighted by atomic mass is 10.2. The maximum Gasteiger partial charge on any atom is 0.270 e. The zero-order valence-corrected chi connectivity index (χ0v) is 17.0. The van der Waals surface area contributed by atoms with E-state index in [0.29, 0.717) is 31.7 Å². The number of nitrogens with zero attached hydrogens (tertiary/aromatic N) is 4. The predicted molar refractivity (Wildman–Crippen MR) is 103 cm³/mol. The van der Waals surface area contributed by atoms with E-state index in [1.54, 1.807) is 19.8 Å². The first-order chi connectivity index (χ1) is 12.9. The molecule has 27 heavy (non-hydrogen) atoms. The van der Waals surface area contributed by atoms with Gasteiger partial charge < -0.3 is 14.2 Å². The van der Waals surface area contributed by atoms with Crippen LogP contribution in [0.1, 0.15) is 23.3 Å². The average Bonchev–Trinajstić information content (AvgIpc) is 3.27. The lowest BCUT2D eigenvalue weighted by molar-refractivity contribution is 0.0366. The summed E-state index contributed by atoms with van der Waals surface area (Å²) < 4.78 is 33.4. The molecule has 0 radical (unpaired) electrons. The van der Waals surface area contributed by atoms with Crippen molar-refractivity contribution in [3.05, 3.63) is 24.0 Å². The third-order valence-corrected chi connectivity index (χ3v) is 6.74. The highest BCUT2D eigenvalue weighted by molar-refractivity contribution is 7.88. The SMILES string of the molecule is Cn1cccc1C(=O)N1CCC(N(CCCN2CCOCC2)S(C)(=O)=O)C1. The Balaban J connectivity index is 1.57. The summed E-state index contributed by atoms with van der Waals surface area (Å²) in [5, 5.41) is 0. The second-order valence-corrected chi connectivity index (χ2v) is 9.31. The number of rotatable bonds is 7. The fourth-order valence-corrected chi connectivity index (χ4v) is 5.08. The van der Waals surface area contributed by atoms with Crippen molar-refractivity contribution >= 4 is 15.9 Å². The van der Waals surface area contributed by atoms with Gasteiger partial charge in [0, 0.05) is 52.0 Å². The Morgan fingerprint density at radius 2 is 2.04 bits per heavy atom. The third-order valence-electron chi connectivity index (χ3n) is 5.40. The Kier molecular flexibility index (Phi) is 6.56. The molecule has 0 spiro atoms. The number of carbonyl (C=O) groups excluding carboxylic acids is 1. The minimum Gasteiger partial charge on any atom is -0.379 e. The quantitative estimate of drug-likeness (QED) is 0.657. The monoisotopic (exact) mass is 398 g/mol. The standard InChI is InChI=1S/C18H30N4O4S/c1-19-7-3-5-17(19)18(23)21-10-6-16(15-21)22(27(2,24)25)9-4-8-20-11-13-26-14-12-20/h3,5,7,16H,4,6,8-15H2,1-2H3.